The van der Waals surface area contributed by atoms with Crippen molar-refractivity contribution >= 4 is 39.6 Å². The largest absolute Gasteiger partial charge is 0.497 e. The zero-order chi connectivity index (χ0) is 24.9. The number of rotatable bonds is 9. The minimum atomic E-state index is -0.513. The number of amidine groups is 2. The second kappa shape index (κ2) is 10.6. The van der Waals surface area contributed by atoms with Crippen LogP contribution in [0.1, 0.15) is 19.4 Å². The molecule has 4 rings (SSSR count). The van der Waals surface area contributed by atoms with Crippen molar-refractivity contribution in [3.63, 3.8) is 0 Å². The number of fused-ring (bicyclic) bond motifs is 1. The van der Waals surface area contributed by atoms with Crippen molar-refractivity contribution < 1.29 is 28.6 Å². The van der Waals surface area contributed by atoms with Gasteiger partial charge in [-0.1, -0.05) is 0 Å². The number of ether oxygens (including phenoxy) is 4. The van der Waals surface area contributed by atoms with Crippen molar-refractivity contribution in [2.24, 2.45) is 4.99 Å². The molecule has 2 aliphatic heterocycles. The number of aliphatic imine (C=N–C) groups is 1. The number of nitrogens with one attached hydrogen (secondary N) is 1. The van der Waals surface area contributed by atoms with E-state index in [0.717, 1.165) is 5.75 Å². The summed E-state index contributed by atoms with van der Waals surface area (Å²) in [6.45, 7) is 4.62. The smallest absolute Gasteiger partial charge is 0.282 e. The van der Waals surface area contributed by atoms with Crippen molar-refractivity contribution in [2.45, 2.75) is 13.8 Å². The van der Waals surface area contributed by atoms with Crippen molar-refractivity contribution in [3.05, 3.63) is 63.8 Å². The van der Waals surface area contributed by atoms with E-state index in [4.69, 9.17) is 29.2 Å². The van der Waals surface area contributed by atoms with Crippen LogP contribution in [-0.4, -0.2) is 49.6 Å². The van der Waals surface area contributed by atoms with Crippen LogP contribution in [0.25, 0.3) is 6.08 Å². The van der Waals surface area contributed by atoms with Gasteiger partial charge in [0.05, 0.1) is 23.8 Å². The van der Waals surface area contributed by atoms with Gasteiger partial charge in [-0.2, -0.15) is 4.99 Å². The first-order valence-electron chi connectivity index (χ1n) is 10.9. The number of hydrogen-bond donors (Lipinski definition) is 1. The molecule has 0 radical (unpaired) electrons. The monoisotopic (exact) mass is 541 g/mol. The van der Waals surface area contributed by atoms with E-state index in [0.29, 0.717) is 52.1 Å². The Bertz CT molecular complexity index is 1240. The van der Waals surface area contributed by atoms with E-state index in [1.54, 1.807) is 38.3 Å². The summed E-state index contributed by atoms with van der Waals surface area (Å²) in [5, 5.41) is 9.61. The Morgan fingerprint density at radius 2 is 1.83 bits per heavy atom. The fraction of sp³-hybridized carbons (Fsp3) is 0.240. The summed E-state index contributed by atoms with van der Waals surface area (Å²) >= 11 is 3.53. The maximum absolute atomic E-state index is 12.6. The van der Waals surface area contributed by atoms with E-state index >= 15 is 0 Å². The normalized spacial score (nSPS) is 15.9. The van der Waals surface area contributed by atoms with Crippen LogP contribution >= 0.6 is 15.9 Å². The highest BCUT2D eigenvalue weighted by atomic mass is 79.9. The van der Waals surface area contributed by atoms with E-state index < -0.39 is 5.91 Å². The molecule has 0 atom stereocenters. The molecule has 0 unspecified atom stereocenters. The van der Waals surface area contributed by atoms with E-state index in [1.807, 2.05) is 31.2 Å². The molecule has 2 heterocycles. The zero-order valence-corrected chi connectivity index (χ0v) is 21.0. The molecule has 35 heavy (non-hydrogen) atoms. The average molecular weight is 542 g/mol. The number of hydroxylamine groups is 2. The number of nitrogens with zero attached hydrogens (tertiary/aromatic N) is 2. The number of benzene rings is 2. The van der Waals surface area contributed by atoms with Crippen molar-refractivity contribution in [2.75, 3.05) is 26.9 Å². The second-order valence-corrected chi connectivity index (χ2v) is 8.31. The molecule has 0 spiro atoms. The lowest BCUT2D eigenvalue weighted by molar-refractivity contribution is -0.114. The van der Waals surface area contributed by atoms with Gasteiger partial charge >= 0.3 is 0 Å². The Labute approximate surface area is 211 Å². The Kier molecular flexibility index (Phi) is 7.40. The maximum atomic E-state index is 12.6. The van der Waals surface area contributed by atoms with E-state index in [2.05, 4.69) is 20.9 Å². The van der Waals surface area contributed by atoms with Crippen molar-refractivity contribution in [1.82, 2.24) is 5.06 Å². The van der Waals surface area contributed by atoms with Crippen LogP contribution in [-0.2, 0) is 9.63 Å². The summed E-state index contributed by atoms with van der Waals surface area (Å²) in [5.74, 6) is 2.73. The molecule has 2 aromatic carbocycles. The molecule has 0 bridgehead atoms. The summed E-state index contributed by atoms with van der Waals surface area (Å²) in [6.07, 6.45) is 3.18. The van der Waals surface area contributed by atoms with Gasteiger partial charge in [0.1, 0.15) is 30.5 Å². The third kappa shape index (κ3) is 5.48. The molecular weight excluding hydrogens is 518 g/mol. The molecule has 0 aromatic heterocycles. The zero-order valence-electron chi connectivity index (χ0n) is 19.5. The third-order valence-corrected chi connectivity index (χ3v) is 5.57. The molecule has 10 heteroatoms. The number of amides is 1. The summed E-state index contributed by atoms with van der Waals surface area (Å²) in [5.41, 5.74) is 0.741. The van der Waals surface area contributed by atoms with Crippen LogP contribution in [0, 0.1) is 5.41 Å². The first-order valence-corrected chi connectivity index (χ1v) is 11.6. The summed E-state index contributed by atoms with van der Waals surface area (Å²) in [4.78, 5) is 22.0. The quantitative estimate of drug-likeness (QED) is 0.360. The second-order valence-electron chi connectivity index (χ2n) is 7.46. The summed E-state index contributed by atoms with van der Waals surface area (Å²) < 4.78 is 23.2. The summed E-state index contributed by atoms with van der Waals surface area (Å²) in [7, 11) is 1.61. The molecule has 1 N–H and O–H groups in total. The Hall–Kier alpha value is -3.79. The minimum absolute atomic E-state index is 0.0850. The van der Waals surface area contributed by atoms with Crippen LogP contribution < -0.4 is 18.9 Å². The lowest BCUT2D eigenvalue weighted by Gasteiger charge is -2.23. The van der Waals surface area contributed by atoms with Crippen LogP contribution in [0.15, 0.2) is 63.3 Å². The standard InChI is InChI=1S/C25H24BrN3O6/c1-4-32-21-14-16(12-19-24(27)29-22(28-25(19)30)11-15(2)35-29)13-20(26)23(21)34-10-9-33-18-7-5-17(31-3)6-8-18/h5-8,11-14,27H,4,9-10H2,1-3H3/b19-12+,27-24?. The molecule has 0 aliphatic carbocycles. The van der Waals surface area contributed by atoms with Gasteiger partial charge in [0.25, 0.3) is 5.91 Å². The molecular formula is C25H24BrN3O6. The SMILES string of the molecule is CCOc1cc(/C=C2\C(=N)N3OC(C)=CC3=NC2=O)cc(Br)c1OCCOc1ccc(OC)cc1. The van der Waals surface area contributed by atoms with E-state index in [1.165, 1.54) is 5.06 Å². The highest BCUT2D eigenvalue weighted by Crippen LogP contribution is 2.38. The number of methoxy groups -OCH3 is 1. The van der Waals surface area contributed by atoms with Crippen molar-refractivity contribution in [3.8, 4) is 23.0 Å². The van der Waals surface area contributed by atoms with Gasteiger partial charge in [-0.25, -0.2) is 0 Å². The average Bonchev–Trinajstić information content (AvgIpc) is 3.21. The van der Waals surface area contributed by atoms with Gasteiger partial charge in [0.2, 0.25) is 0 Å². The molecule has 0 saturated carbocycles. The molecule has 0 saturated heterocycles. The number of carbonyl (C=O) groups excluding carboxylic acids is 1. The molecule has 2 aliphatic rings. The first kappa shape index (κ1) is 24.3. The highest BCUT2D eigenvalue weighted by Gasteiger charge is 2.34. The van der Waals surface area contributed by atoms with E-state index in [-0.39, 0.29) is 18.0 Å². The Morgan fingerprint density at radius 1 is 1.11 bits per heavy atom. The predicted octanol–water partition coefficient (Wildman–Crippen LogP) is 4.76. The Balaban J connectivity index is 1.48. The fourth-order valence-electron chi connectivity index (χ4n) is 3.42. The van der Waals surface area contributed by atoms with Gasteiger partial charge in [-0.15, -0.1) is 5.06 Å². The lowest BCUT2D eigenvalue weighted by atomic mass is 10.1. The fourth-order valence-corrected chi connectivity index (χ4v) is 3.99. The van der Waals surface area contributed by atoms with Crippen molar-refractivity contribution in [1.29, 1.82) is 5.41 Å². The van der Waals surface area contributed by atoms with Gasteiger partial charge < -0.3 is 23.8 Å². The number of hydrogen-bond acceptors (Lipinski definition) is 7. The van der Waals surface area contributed by atoms with Gasteiger partial charge in [-0.3, -0.25) is 10.2 Å². The molecule has 2 aromatic rings. The number of allylic oxidation sites excluding steroid dienone is 1. The first-order chi connectivity index (χ1) is 16.9. The van der Waals surface area contributed by atoms with E-state index in [9.17, 15) is 4.79 Å². The highest BCUT2D eigenvalue weighted by molar-refractivity contribution is 9.10. The molecule has 0 fully saturated rings. The van der Waals surface area contributed by atoms with Crippen LogP contribution in [0.2, 0.25) is 0 Å². The van der Waals surface area contributed by atoms with Gasteiger partial charge in [0, 0.05) is 6.08 Å². The topological polar surface area (TPSA) is 103 Å². The number of halogens is 1. The van der Waals surface area contributed by atoms with Crippen LogP contribution in [0.3, 0.4) is 0 Å². The number of carbonyl (C=O) groups is 1. The lowest BCUT2D eigenvalue weighted by Crippen LogP contribution is -2.38. The molecule has 9 nitrogen and oxygen atoms in total. The van der Waals surface area contributed by atoms with Gasteiger partial charge in [0.15, 0.2) is 23.2 Å². The minimum Gasteiger partial charge on any atom is -0.497 e. The predicted molar refractivity (Wildman–Crippen MR) is 134 cm³/mol. The molecule has 182 valence electrons. The van der Waals surface area contributed by atoms with Gasteiger partial charge in [-0.05, 0) is 77.8 Å². The van der Waals surface area contributed by atoms with Crippen LogP contribution in [0.4, 0.5) is 0 Å². The molecule has 1 amide bonds. The van der Waals surface area contributed by atoms with Crippen LogP contribution in [0.5, 0.6) is 23.0 Å². The maximum Gasteiger partial charge on any atom is 0.282 e. The summed E-state index contributed by atoms with van der Waals surface area (Å²) in [6, 6.07) is 10.8. The third-order valence-electron chi connectivity index (χ3n) is 4.98. The Morgan fingerprint density at radius 3 is 2.54 bits per heavy atom.